The summed E-state index contributed by atoms with van der Waals surface area (Å²) in [6.45, 7) is 4.19. The molecule has 0 aliphatic carbocycles. The molecule has 0 saturated heterocycles. The summed E-state index contributed by atoms with van der Waals surface area (Å²) in [7, 11) is 1.36. The second-order valence-electron chi connectivity index (χ2n) is 13.3. The van der Waals surface area contributed by atoms with Gasteiger partial charge in [0, 0.05) is 63.3 Å². The van der Waals surface area contributed by atoms with Crippen molar-refractivity contribution in [1.82, 2.24) is 15.2 Å². The maximum absolute atomic E-state index is 13.8. The summed E-state index contributed by atoms with van der Waals surface area (Å²) < 4.78 is 5.18. The van der Waals surface area contributed by atoms with Crippen LogP contribution in [0, 0.1) is 0 Å². The molecule has 0 saturated carbocycles. The number of esters is 1. The fraction of sp³-hybridized carbons (Fsp3) is 0.182. The third-order valence-corrected chi connectivity index (χ3v) is 12.0. The molecule has 3 heterocycles. The van der Waals surface area contributed by atoms with E-state index in [-0.39, 0.29) is 11.6 Å². The predicted octanol–water partition coefficient (Wildman–Crippen LogP) is 8.49. The molecule has 1 aliphatic rings. The van der Waals surface area contributed by atoms with Crippen LogP contribution in [0.15, 0.2) is 126 Å². The minimum atomic E-state index is -0.508. The molecule has 1 unspecified atom stereocenters. The molecule has 284 valence electrons. The lowest BCUT2D eigenvalue weighted by molar-refractivity contribution is -0.116. The first-order valence-electron chi connectivity index (χ1n) is 18.3. The molecule has 0 fully saturated rings. The Bertz CT molecular complexity index is 2410. The number of carbonyl (C=O) groups excluding carboxylic acids is 4. The molecule has 3 amide bonds. The van der Waals surface area contributed by atoms with Gasteiger partial charge in [0.1, 0.15) is 10.7 Å². The third kappa shape index (κ3) is 8.94. The smallest absolute Gasteiger partial charge is 0.341 e. The van der Waals surface area contributed by atoms with Gasteiger partial charge in [-0.25, -0.2) is 4.79 Å². The first-order chi connectivity index (χ1) is 27.3. The lowest BCUT2D eigenvalue weighted by Gasteiger charge is -2.27. The molecule has 0 bridgehead atoms. The fourth-order valence-electron chi connectivity index (χ4n) is 6.67. The van der Waals surface area contributed by atoms with Crippen molar-refractivity contribution in [3.8, 4) is 0 Å². The third-order valence-electron chi connectivity index (χ3n) is 9.49. The number of ether oxygens (including phenoxy) is 1. The molecule has 0 spiro atoms. The van der Waals surface area contributed by atoms with Gasteiger partial charge in [-0.05, 0) is 66.4 Å². The molecule has 1 aliphatic heterocycles. The van der Waals surface area contributed by atoms with E-state index in [1.807, 2.05) is 61.5 Å². The van der Waals surface area contributed by atoms with Crippen molar-refractivity contribution in [1.29, 1.82) is 0 Å². The van der Waals surface area contributed by atoms with E-state index in [4.69, 9.17) is 4.74 Å². The highest BCUT2D eigenvalue weighted by atomic mass is 32.2. The van der Waals surface area contributed by atoms with Crippen LogP contribution in [0.2, 0.25) is 0 Å². The maximum Gasteiger partial charge on any atom is 0.341 e. The van der Waals surface area contributed by atoms with Crippen LogP contribution in [0.5, 0.6) is 0 Å². The standard InChI is InChI=1S/C44H41N5O5S2/c1-3-37(42(52)48-43-39(44(53)54-2)34-21-22-49(27-38(34)56-43)26-28-13-6-4-7-14-28)55-32-18-12-17-31(24-32)46-41(51)36(47-40(50)29-15-8-5-9-16-29)23-30-25-45-35-20-11-10-19-33(30)35/h4-20,23-25,37,45H,3,21-22,26-27H2,1-2H3,(H,46,51)(H,47,50)(H,48,52)/b36-23-. The SMILES string of the molecule is CCC(Sc1cccc(NC(=O)/C(=C/c2c[nH]c3ccccc23)NC(=O)c2ccccc2)c1)C(=O)Nc1sc2c(c1C(=O)OC)CCN(Cc1ccccc1)C2. The predicted molar refractivity (Wildman–Crippen MR) is 224 cm³/mol. The average molecular weight is 784 g/mol. The number of hydrogen-bond donors (Lipinski definition) is 4. The Kier molecular flexibility index (Phi) is 12.1. The van der Waals surface area contributed by atoms with Crippen LogP contribution in [-0.2, 0) is 33.8 Å². The van der Waals surface area contributed by atoms with Gasteiger partial charge in [0.2, 0.25) is 5.91 Å². The Hall–Kier alpha value is -5.95. The molecule has 4 aromatic carbocycles. The molecular weight excluding hydrogens is 743 g/mol. The molecule has 7 rings (SSSR count). The van der Waals surface area contributed by atoms with Gasteiger partial charge in [0.05, 0.1) is 17.9 Å². The number of thiophene rings is 1. The summed E-state index contributed by atoms with van der Waals surface area (Å²) in [5.41, 5.74) is 5.20. The number of carbonyl (C=O) groups is 4. The van der Waals surface area contributed by atoms with E-state index >= 15 is 0 Å². The number of benzene rings is 4. The zero-order valence-electron chi connectivity index (χ0n) is 31.0. The van der Waals surface area contributed by atoms with Gasteiger partial charge in [0.15, 0.2) is 0 Å². The Morgan fingerprint density at radius 3 is 2.45 bits per heavy atom. The van der Waals surface area contributed by atoms with Gasteiger partial charge in [0.25, 0.3) is 11.8 Å². The number of anilines is 2. The second kappa shape index (κ2) is 17.7. The number of thioether (sulfide) groups is 1. The number of H-pyrrole nitrogens is 1. The quantitative estimate of drug-likeness (QED) is 0.0525. The minimum absolute atomic E-state index is 0.0655. The molecule has 12 heteroatoms. The molecule has 2 aromatic heterocycles. The molecule has 10 nitrogen and oxygen atoms in total. The Balaban J connectivity index is 1.06. The van der Waals surface area contributed by atoms with Crippen molar-refractivity contribution < 1.29 is 23.9 Å². The van der Waals surface area contributed by atoms with E-state index in [1.165, 1.54) is 35.8 Å². The summed E-state index contributed by atoms with van der Waals surface area (Å²) >= 11 is 2.79. The summed E-state index contributed by atoms with van der Waals surface area (Å²) in [6.07, 6.45) is 4.63. The largest absolute Gasteiger partial charge is 0.465 e. The number of hydrogen-bond acceptors (Lipinski definition) is 8. The van der Waals surface area contributed by atoms with Crippen molar-refractivity contribution in [3.05, 3.63) is 154 Å². The number of fused-ring (bicyclic) bond motifs is 2. The molecular formula is C44H41N5O5S2. The van der Waals surface area contributed by atoms with E-state index in [0.29, 0.717) is 41.2 Å². The van der Waals surface area contributed by atoms with E-state index < -0.39 is 23.0 Å². The molecule has 0 radical (unpaired) electrons. The van der Waals surface area contributed by atoms with Crippen molar-refractivity contribution >= 4 is 74.5 Å². The van der Waals surface area contributed by atoms with Crippen molar-refractivity contribution in [3.63, 3.8) is 0 Å². The van der Waals surface area contributed by atoms with Crippen LogP contribution in [0.1, 0.15) is 55.6 Å². The molecule has 4 N–H and O–H groups in total. The van der Waals surface area contributed by atoms with Crippen LogP contribution in [0.3, 0.4) is 0 Å². The van der Waals surface area contributed by atoms with Gasteiger partial charge in [-0.1, -0.05) is 79.7 Å². The Morgan fingerprint density at radius 2 is 1.68 bits per heavy atom. The normalized spacial score (nSPS) is 13.4. The van der Waals surface area contributed by atoms with Gasteiger partial charge in [-0.2, -0.15) is 0 Å². The van der Waals surface area contributed by atoms with Crippen LogP contribution in [0.25, 0.3) is 17.0 Å². The molecule has 56 heavy (non-hydrogen) atoms. The highest BCUT2D eigenvalue weighted by molar-refractivity contribution is 8.00. The number of rotatable bonds is 13. The Labute approximate surface area is 333 Å². The minimum Gasteiger partial charge on any atom is -0.465 e. The zero-order valence-corrected chi connectivity index (χ0v) is 32.6. The highest BCUT2D eigenvalue weighted by Gasteiger charge is 2.31. The summed E-state index contributed by atoms with van der Waals surface area (Å²) in [6, 6.07) is 33.9. The molecule has 6 aromatic rings. The highest BCUT2D eigenvalue weighted by Crippen LogP contribution is 2.39. The van der Waals surface area contributed by atoms with Crippen molar-refractivity contribution in [2.24, 2.45) is 0 Å². The topological polar surface area (TPSA) is 133 Å². The van der Waals surface area contributed by atoms with Crippen LogP contribution >= 0.6 is 23.1 Å². The van der Waals surface area contributed by atoms with Crippen molar-refractivity contribution in [2.45, 2.75) is 43.0 Å². The van der Waals surface area contributed by atoms with E-state index in [0.717, 1.165) is 44.9 Å². The summed E-state index contributed by atoms with van der Waals surface area (Å²) in [5, 5.41) is 9.71. The fourth-order valence-corrected chi connectivity index (χ4v) is 8.97. The molecule has 1 atom stereocenters. The first-order valence-corrected chi connectivity index (χ1v) is 20.0. The van der Waals surface area contributed by atoms with Gasteiger partial charge in [-0.15, -0.1) is 23.1 Å². The van der Waals surface area contributed by atoms with E-state index in [9.17, 15) is 19.2 Å². The number of aromatic nitrogens is 1. The van der Waals surface area contributed by atoms with Crippen molar-refractivity contribution in [2.75, 3.05) is 24.3 Å². The monoisotopic (exact) mass is 783 g/mol. The first kappa shape index (κ1) is 38.3. The van der Waals surface area contributed by atoms with Gasteiger partial charge < -0.3 is 25.7 Å². The van der Waals surface area contributed by atoms with Crippen LogP contribution < -0.4 is 16.0 Å². The lowest BCUT2D eigenvalue weighted by Crippen LogP contribution is -2.30. The Morgan fingerprint density at radius 1 is 0.929 bits per heavy atom. The van der Waals surface area contributed by atoms with E-state index in [2.05, 4.69) is 38.0 Å². The number of nitrogens with zero attached hydrogens (tertiary/aromatic N) is 1. The van der Waals surface area contributed by atoms with Gasteiger partial charge >= 0.3 is 5.97 Å². The lowest BCUT2D eigenvalue weighted by atomic mass is 10.0. The van der Waals surface area contributed by atoms with E-state index in [1.54, 1.807) is 54.7 Å². The van der Waals surface area contributed by atoms with Crippen LogP contribution in [0.4, 0.5) is 10.7 Å². The second-order valence-corrected chi connectivity index (χ2v) is 15.7. The number of amides is 3. The number of aromatic amines is 1. The number of para-hydroxylation sites is 1. The van der Waals surface area contributed by atoms with Gasteiger partial charge in [-0.3, -0.25) is 19.3 Å². The zero-order chi connectivity index (χ0) is 39.0. The summed E-state index contributed by atoms with van der Waals surface area (Å²) in [4.78, 5) is 61.3. The summed E-state index contributed by atoms with van der Waals surface area (Å²) in [5.74, 6) is -1.62. The number of nitrogens with one attached hydrogen (secondary N) is 4. The number of methoxy groups -OCH3 is 1. The van der Waals surface area contributed by atoms with Crippen LogP contribution in [-0.4, -0.2) is 52.5 Å². The average Bonchev–Trinajstić information content (AvgIpc) is 3.80. The maximum atomic E-state index is 13.8.